The number of sulfonamides is 1. The molecule has 0 amide bonds. The van der Waals surface area contributed by atoms with Crippen LogP contribution >= 0.6 is 0 Å². The zero-order valence-corrected chi connectivity index (χ0v) is 18.6. The fourth-order valence-corrected chi connectivity index (χ4v) is 4.94. The number of esters is 1. The van der Waals surface area contributed by atoms with Crippen molar-refractivity contribution in [3.8, 4) is 11.5 Å². The van der Waals surface area contributed by atoms with Gasteiger partial charge in [0.25, 0.3) is 0 Å². The first-order valence-electron chi connectivity index (χ1n) is 10.2. The van der Waals surface area contributed by atoms with Gasteiger partial charge < -0.3 is 19.5 Å². The number of hydrogen-bond acceptors (Lipinski definition) is 7. The zero-order valence-electron chi connectivity index (χ0n) is 17.8. The number of benzene rings is 2. The Balaban J connectivity index is 1.68. The smallest absolute Gasteiger partial charge is 0.340 e. The van der Waals surface area contributed by atoms with Gasteiger partial charge in [-0.25, -0.2) is 13.2 Å². The van der Waals surface area contributed by atoms with E-state index in [1.54, 1.807) is 37.4 Å². The number of ether oxygens (including phenoxy) is 3. The molecule has 0 aliphatic carbocycles. The molecule has 2 aromatic carbocycles. The zero-order chi connectivity index (χ0) is 22.3. The lowest BCUT2D eigenvalue weighted by Crippen LogP contribution is -2.35. The quantitative estimate of drug-likeness (QED) is 0.465. The van der Waals surface area contributed by atoms with Gasteiger partial charge >= 0.3 is 5.97 Å². The van der Waals surface area contributed by atoms with E-state index in [-0.39, 0.29) is 10.5 Å². The minimum Gasteiger partial charge on any atom is -0.497 e. The summed E-state index contributed by atoms with van der Waals surface area (Å²) in [6.45, 7) is 1.76. The highest BCUT2D eigenvalue weighted by atomic mass is 32.2. The summed E-state index contributed by atoms with van der Waals surface area (Å²) in [6, 6.07) is 11.7. The minimum atomic E-state index is -3.65. The van der Waals surface area contributed by atoms with Crippen molar-refractivity contribution >= 4 is 21.7 Å². The van der Waals surface area contributed by atoms with Gasteiger partial charge in [0.15, 0.2) is 0 Å². The topological polar surface area (TPSA) is 94.2 Å². The van der Waals surface area contributed by atoms with Crippen LogP contribution in [0, 0.1) is 0 Å². The summed E-state index contributed by atoms with van der Waals surface area (Å²) in [4.78, 5) is 12.4. The summed E-state index contributed by atoms with van der Waals surface area (Å²) in [5.41, 5.74) is 0.660. The predicted molar refractivity (Wildman–Crippen MR) is 117 cm³/mol. The Bertz CT molecular complexity index is 986. The standard InChI is InChI=1S/C22H28N2O6S/c1-28-17-6-8-18(9-7-17)30-15-12-23-21-11-10-19(16-20(21)22(25)29-2)31(26,27)24-13-4-3-5-14-24/h6-11,16,23H,3-5,12-15H2,1-2H3. The maximum Gasteiger partial charge on any atom is 0.340 e. The van der Waals surface area contributed by atoms with Crippen molar-refractivity contribution in [2.24, 2.45) is 0 Å². The van der Waals surface area contributed by atoms with Crippen molar-refractivity contribution in [2.75, 3.05) is 45.8 Å². The highest BCUT2D eigenvalue weighted by Crippen LogP contribution is 2.26. The van der Waals surface area contributed by atoms with Crippen LogP contribution in [-0.4, -0.2) is 59.2 Å². The van der Waals surface area contributed by atoms with Crippen LogP contribution in [0.4, 0.5) is 5.69 Å². The molecule has 0 saturated carbocycles. The van der Waals surface area contributed by atoms with Gasteiger partial charge in [-0.15, -0.1) is 0 Å². The molecule has 8 nitrogen and oxygen atoms in total. The molecule has 31 heavy (non-hydrogen) atoms. The molecule has 1 saturated heterocycles. The van der Waals surface area contributed by atoms with E-state index in [2.05, 4.69) is 5.32 Å². The van der Waals surface area contributed by atoms with E-state index < -0.39 is 16.0 Å². The van der Waals surface area contributed by atoms with Crippen LogP contribution in [0.3, 0.4) is 0 Å². The Labute approximate surface area is 183 Å². The van der Waals surface area contributed by atoms with E-state index in [9.17, 15) is 13.2 Å². The number of hydrogen-bond donors (Lipinski definition) is 1. The third-order valence-electron chi connectivity index (χ3n) is 5.09. The van der Waals surface area contributed by atoms with Gasteiger partial charge in [-0.3, -0.25) is 0 Å². The van der Waals surface area contributed by atoms with Crippen LogP contribution in [0.2, 0.25) is 0 Å². The number of piperidine rings is 1. The summed E-state index contributed by atoms with van der Waals surface area (Å²) in [5.74, 6) is 0.834. The lowest BCUT2D eigenvalue weighted by atomic mass is 10.2. The van der Waals surface area contributed by atoms with Crippen molar-refractivity contribution in [3.05, 3.63) is 48.0 Å². The Kier molecular flexibility index (Phi) is 7.75. The predicted octanol–water partition coefficient (Wildman–Crippen LogP) is 3.15. The average molecular weight is 449 g/mol. The summed E-state index contributed by atoms with van der Waals surface area (Å²) >= 11 is 0. The van der Waals surface area contributed by atoms with Crippen LogP contribution < -0.4 is 14.8 Å². The summed E-state index contributed by atoms with van der Waals surface area (Å²) in [6.07, 6.45) is 2.72. The Hall–Kier alpha value is -2.78. The molecule has 1 fully saturated rings. The minimum absolute atomic E-state index is 0.0924. The second-order valence-electron chi connectivity index (χ2n) is 7.11. The van der Waals surface area contributed by atoms with Crippen LogP contribution in [0.15, 0.2) is 47.4 Å². The largest absolute Gasteiger partial charge is 0.497 e. The molecule has 2 aromatic rings. The second kappa shape index (κ2) is 10.5. The molecular formula is C22H28N2O6S. The molecule has 1 heterocycles. The number of carbonyl (C=O) groups excluding carboxylic acids is 1. The number of nitrogens with zero attached hydrogens (tertiary/aromatic N) is 1. The Morgan fingerprint density at radius 1 is 1.00 bits per heavy atom. The molecule has 0 atom stereocenters. The summed E-state index contributed by atoms with van der Waals surface area (Å²) in [7, 11) is -0.780. The fraction of sp³-hybridized carbons (Fsp3) is 0.409. The van der Waals surface area contributed by atoms with Crippen molar-refractivity contribution in [1.82, 2.24) is 4.31 Å². The van der Waals surface area contributed by atoms with Crippen molar-refractivity contribution < 1.29 is 27.4 Å². The van der Waals surface area contributed by atoms with Crippen LogP contribution in [-0.2, 0) is 14.8 Å². The van der Waals surface area contributed by atoms with Gasteiger partial charge in [-0.05, 0) is 55.3 Å². The van der Waals surface area contributed by atoms with Gasteiger partial charge in [0.05, 0.1) is 24.7 Å². The molecule has 168 valence electrons. The summed E-state index contributed by atoms with van der Waals surface area (Å²) < 4.78 is 43.0. The van der Waals surface area contributed by atoms with Gasteiger partial charge in [0.2, 0.25) is 10.0 Å². The fourth-order valence-electron chi connectivity index (χ4n) is 3.40. The lowest BCUT2D eigenvalue weighted by Gasteiger charge is -2.26. The molecular weight excluding hydrogens is 420 g/mol. The molecule has 0 bridgehead atoms. The van der Waals surface area contributed by atoms with Crippen LogP contribution in [0.25, 0.3) is 0 Å². The van der Waals surface area contributed by atoms with E-state index >= 15 is 0 Å². The number of carbonyl (C=O) groups is 1. The Morgan fingerprint density at radius 3 is 2.32 bits per heavy atom. The highest BCUT2D eigenvalue weighted by Gasteiger charge is 2.27. The number of methoxy groups -OCH3 is 2. The van der Waals surface area contributed by atoms with Crippen molar-refractivity contribution in [3.63, 3.8) is 0 Å². The maximum atomic E-state index is 12.9. The molecule has 1 aliphatic rings. The number of nitrogens with one attached hydrogen (secondary N) is 1. The Morgan fingerprint density at radius 2 is 1.68 bits per heavy atom. The third-order valence-corrected chi connectivity index (χ3v) is 6.99. The molecule has 0 unspecified atom stereocenters. The first kappa shape index (κ1) is 22.9. The van der Waals surface area contributed by atoms with Gasteiger partial charge in [-0.2, -0.15) is 4.31 Å². The van der Waals surface area contributed by atoms with E-state index in [1.807, 2.05) is 0 Å². The third kappa shape index (κ3) is 5.68. The van der Waals surface area contributed by atoms with Crippen molar-refractivity contribution in [2.45, 2.75) is 24.2 Å². The van der Waals surface area contributed by atoms with E-state index in [4.69, 9.17) is 14.2 Å². The monoisotopic (exact) mass is 448 g/mol. The number of rotatable bonds is 9. The first-order chi connectivity index (χ1) is 15.0. The van der Waals surface area contributed by atoms with Gasteiger partial charge in [-0.1, -0.05) is 6.42 Å². The van der Waals surface area contributed by atoms with Gasteiger partial charge in [0, 0.05) is 25.3 Å². The van der Waals surface area contributed by atoms with E-state index in [0.29, 0.717) is 37.7 Å². The van der Waals surface area contributed by atoms with Crippen LogP contribution in [0.5, 0.6) is 11.5 Å². The van der Waals surface area contributed by atoms with E-state index in [1.165, 1.54) is 23.5 Å². The van der Waals surface area contributed by atoms with Crippen LogP contribution in [0.1, 0.15) is 29.6 Å². The lowest BCUT2D eigenvalue weighted by molar-refractivity contribution is 0.0601. The van der Waals surface area contributed by atoms with E-state index in [0.717, 1.165) is 25.0 Å². The molecule has 9 heteroatoms. The molecule has 1 aliphatic heterocycles. The molecule has 3 rings (SSSR count). The highest BCUT2D eigenvalue weighted by molar-refractivity contribution is 7.89. The summed E-state index contributed by atoms with van der Waals surface area (Å²) in [5, 5.41) is 3.12. The second-order valence-corrected chi connectivity index (χ2v) is 9.05. The normalized spacial score (nSPS) is 14.6. The molecule has 1 N–H and O–H groups in total. The molecule has 0 spiro atoms. The number of anilines is 1. The molecule has 0 radical (unpaired) electrons. The SMILES string of the molecule is COC(=O)c1cc(S(=O)(=O)N2CCCCC2)ccc1NCCOc1ccc(OC)cc1. The molecule has 0 aromatic heterocycles. The van der Waals surface area contributed by atoms with Gasteiger partial charge in [0.1, 0.15) is 18.1 Å². The van der Waals surface area contributed by atoms with Crippen molar-refractivity contribution in [1.29, 1.82) is 0 Å². The maximum absolute atomic E-state index is 12.9. The first-order valence-corrected chi connectivity index (χ1v) is 11.6. The average Bonchev–Trinajstić information content (AvgIpc) is 2.82.